The number of unbranched alkanes of at least 4 members (excludes halogenated alkanes) is 1. The van der Waals surface area contributed by atoms with Gasteiger partial charge in [0.25, 0.3) is 0 Å². The molecule has 1 aliphatic rings. The molecule has 2 heterocycles. The summed E-state index contributed by atoms with van der Waals surface area (Å²) in [5, 5.41) is 8.74. The quantitative estimate of drug-likeness (QED) is 0.163. The molecule has 0 radical (unpaired) electrons. The molecule has 196 valence electrons. The molecular weight excluding hydrogens is 484 g/mol. The van der Waals surface area contributed by atoms with Crippen molar-refractivity contribution in [3.63, 3.8) is 0 Å². The summed E-state index contributed by atoms with van der Waals surface area (Å²) < 4.78 is 13.4. The molecule has 1 N–H and O–H groups in total. The van der Waals surface area contributed by atoms with Crippen LogP contribution in [-0.2, 0) is 15.3 Å². The number of hydrogen-bond donors (Lipinski definition) is 1. The second kappa shape index (κ2) is 12.8. The van der Waals surface area contributed by atoms with Crippen molar-refractivity contribution in [3.05, 3.63) is 77.0 Å². The van der Waals surface area contributed by atoms with Gasteiger partial charge in [0.2, 0.25) is 11.1 Å². The van der Waals surface area contributed by atoms with Crippen LogP contribution in [0.2, 0.25) is 0 Å². The van der Waals surface area contributed by atoms with E-state index in [1.165, 1.54) is 5.56 Å². The van der Waals surface area contributed by atoms with Crippen molar-refractivity contribution in [2.45, 2.75) is 63.9 Å². The number of rotatable bonds is 12. The Balaban J connectivity index is 1.61. The number of carbonyl (C=O) groups excluding carboxylic acids is 1. The van der Waals surface area contributed by atoms with E-state index in [9.17, 15) is 4.79 Å². The lowest BCUT2D eigenvalue weighted by Crippen LogP contribution is -2.29. The van der Waals surface area contributed by atoms with E-state index < -0.39 is 6.04 Å². The Morgan fingerprint density at radius 1 is 1.11 bits per heavy atom. The third kappa shape index (κ3) is 6.95. The van der Waals surface area contributed by atoms with Crippen LogP contribution in [0.25, 0.3) is 0 Å². The van der Waals surface area contributed by atoms with Crippen molar-refractivity contribution in [2.75, 3.05) is 18.5 Å². The highest BCUT2D eigenvalue weighted by Crippen LogP contribution is 2.37. The number of aromatic nitrogens is 3. The minimum atomic E-state index is -0.450. The van der Waals surface area contributed by atoms with Gasteiger partial charge < -0.3 is 14.8 Å². The summed E-state index contributed by atoms with van der Waals surface area (Å²) >= 11 is 1.57. The average Bonchev–Trinajstić information content (AvgIpc) is 3.30. The van der Waals surface area contributed by atoms with Crippen molar-refractivity contribution in [3.8, 4) is 5.75 Å². The van der Waals surface area contributed by atoms with E-state index in [0.717, 1.165) is 42.0 Å². The van der Waals surface area contributed by atoms with Crippen molar-refractivity contribution >= 4 is 23.7 Å². The van der Waals surface area contributed by atoms with Gasteiger partial charge in [0.15, 0.2) is 0 Å². The molecule has 0 bridgehead atoms. The predicted molar refractivity (Wildman–Crippen MR) is 148 cm³/mol. The summed E-state index contributed by atoms with van der Waals surface area (Å²) in [5.74, 6) is 2.43. The second-order valence-electron chi connectivity index (χ2n) is 9.59. The number of nitrogens with zero attached hydrogens (tertiary/aromatic N) is 3. The second-order valence-corrected chi connectivity index (χ2v) is 10.5. The number of carbonyl (C=O) groups is 1. The maximum atomic E-state index is 13.3. The maximum Gasteiger partial charge on any atom is 0.338 e. The van der Waals surface area contributed by atoms with Gasteiger partial charge in [-0.1, -0.05) is 81.4 Å². The Labute approximate surface area is 223 Å². The molecule has 1 aromatic heterocycles. The lowest BCUT2D eigenvalue weighted by molar-refractivity contribution is -0.139. The molecular formula is C29H36N4O3S. The number of ether oxygens (including phenoxy) is 2. The summed E-state index contributed by atoms with van der Waals surface area (Å²) in [4.78, 5) is 18.0. The van der Waals surface area contributed by atoms with Crippen LogP contribution in [-0.4, -0.2) is 33.9 Å². The zero-order chi connectivity index (χ0) is 26.2. The molecule has 1 unspecified atom stereocenters. The van der Waals surface area contributed by atoms with E-state index in [-0.39, 0.29) is 5.97 Å². The first-order chi connectivity index (χ1) is 18.0. The summed E-state index contributed by atoms with van der Waals surface area (Å²) in [6, 6.07) is 17.7. The SMILES string of the molecule is CCCCOC(=O)C1=C(C)Nc2nc(SCc3ccccc3)nn2C1c1ccc(OCCC(C)C)cc1. The summed E-state index contributed by atoms with van der Waals surface area (Å²) in [5.41, 5.74) is 3.39. The fraction of sp³-hybridized carbons (Fsp3) is 0.414. The standard InChI is InChI=1S/C29H36N4O3S/c1-5-6-17-36-27(34)25-21(4)30-28-31-29(37-19-22-10-8-7-9-11-22)32-33(28)26(25)23-12-14-24(15-13-23)35-18-16-20(2)3/h7-15,20,26H,5-6,16-19H2,1-4H3,(H,30,31,32). The van der Waals surface area contributed by atoms with Crippen LogP contribution >= 0.6 is 11.8 Å². The van der Waals surface area contributed by atoms with Crippen LogP contribution in [0.3, 0.4) is 0 Å². The minimum absolute atomic E-state index is 0.333. The number of allylic oxidation sites excluding steroid dienone is 1. The number of anilines is 1. The Bertz CT molecular complexity index is 1210. The summed E-state index contributed by atoms with van der Waals surface area (Å²) in [7, 11) is 0. The lowest BCUT2D eigenvalue weighted by atomic mass is 9.96. The number of hydrogen-bond acceptors (Lipinski definition) is 7. The van der Waals surface area contributed by atoms with Crippen LogP contribution < -0.4 is 10.1 Å². The fourth-order valence-corrected chi connectivity index (χ4v) is 4.82. The van der Waals surface area contributed by atoms with Crippen LogP contribution in [0.1, 0.15) is 64.1 Å². The number of fused-ring (bicyclic) bond motifs is 1. The highest BCUT2D eigenvalue weighted by atomic mass is 32.2. The molecule has 0 amide bonds. The molecule has 0 aliphatic carbocycles. The van der Waals surface area contributed by atoms with Crippen molar-refractivity contribution in [1.29, 1.82) is 0 Å². The Morgan fingerprint density at radius 2 is 1.86 bits per heavy atom. The molecule has 0 saturated heterocycles. The van der Waals surface area contributed by atoms with Crippen LogP contribution in [0.5, 0.6) is 5.75 Å². The van der Waals surface area contributed by atoms with Crippen molar-refractivity contribution < 1.29 is 14.3 Å². The number of thioether (sulfide) groups is 1. The van der Waals surface area contributed by atoms with Gasteiger partial charge in [0.05, 0.1) is 18.8 Å². The Morgan fingerprint density at radius 3 is 2.57 bits per heavy atom. The van der Waals surface area contributed by atoms with Gasteiger partial charge in [0, 0.05) is 11.4 Å². The Kier molecular flexibility index (Phi) is 9.28. The van der Waals surface area contributed by atoms with E-state index in [0.29, 0.717) is 35.8 Å². The molecule has 1 atom stereocenters. The number of esters is 1. The minimum Gasteiger partial charge on any atom is -0.494 e. The van der Waals surface area contributed by atoms with E-state index in [1.807, 2.05) is 49.4 Å². The van der Waals surface area contributed by atoms with Gasteiger partial charge in [-0.3, -0.25) is 0 Å². The first-order valence-corrected chi connectivity index (χ1v) is 14.0. The Hall–Kier alpha value is -3.26. The first kappa shape index (κ1) is 26.8. The average molecular weight is 521 g/mol. The lowest BCUT2D eigenvalue weighted by Gasteiger charge is -2.28. The molecule has 0 fully saturated rings. The van der Waals surface area contributed by atoms with E-state index >= 15 is 0 Å². The van der Waals surface area contributed by atoms with Gasteiger partial charge in [-0.2, -0.15) is 4.98 Å². The molecule has 3 aromatic rings. The fourth-order valence-electron chi connectivity index (χ4n) is 4.03. The molecule has 2 aromatic carbocycles. The highest BCUT2D eigenvalue weighted by molar-refractivity contribution is 7.98. The smallest absolute Gasteiger partial charge is 0.338 e. The van der Waals surface area contributed by atoms with Gasteiger partial charge in [-0.15, -0.1) is 5.10 Å². The van der Waals surface area contributed by atoms with Crippen LogP contribution in [0.15, 0.2) is 71.0 Å². The van der Waals surface area contributed by atoms with Crippen LogP contribution in [0.4, 0.5) is 5.95 Å². The van der Waals surface area contributed by atoms with Gasteiger partial charge >= 0.3 is 5.97 Å². The first-order valence-electron chi connectivity index (χ1n) is 13.0. The largest absolute Gasteiger partial charge is 0.494 e. The van der Waals surface area contributed by atoms with Gasteiger partial charge in [-0.25, -0.2) is 9.48 Å². The summed E-state index contributed by atoms with van der Waals surface area (Å²) in [6.07, 6.45) is 2.78. The summed E-state index contributed by atoms with van der Waals surface area (Å²) in [6.45, 7) is 9.40. The van der Waals surface area contributed by atoms with E-state index in [2.05, 4.69) is 38.2 Å². The van der Waals surface area contributed by atoms with Crippen molar-refractivity contribution in [1.82, 2.24) is 14.8 Å². The predicted octanol–water partition coefficient (Wildman–Crippen LogP) is 6.63. The maximum absolute atomic E-state index is 13.3. The zero-order valence-electron chi connectivity index (χ0n) is 22.1. The third-order valence-corrected chi connectivity index (χ3v) is 7.06. The molecule has 4 rings (SSSR count). The van der Waals surface area contributed by atoms with E-state index in [1.54, 1.807) is 16.4 Å². The number of nitrogens with one attached hydrogen (secondary N) is 1. The van der Waals surface area contributed by atoms with E-state index in [4.69, 9.17) is 19.6 Å². The van der Waals surface area contributed by atoms with Crippen molar-refractivity contribution in [2.24, 2.45) is 5.92 Å². The normalized spacial score (nSPS) is 14.9. The zero-order valence-corrected chi connectivity index (χ0v) is 22.9. The van der Waals surface area contributed by atoms with Gasteiger partial charge in [0.1, 0.15) is 11.8 Å². The third-order valence-electron chi connectivity index (χ3n) is 6.15. The van der Waals surface area contributed by atoms with Crippen LogP contribution in [0, 0.1) is 5.92 Å². The molecule has 0 spiro atoms. The number of benzene rings is 2. The monoisotopic (exact) mass is 520 g/mol. The molecule has 1 aliphatic heterocycles. The molecule has 37 heavy (non-hydrogen) atoms. The molecule has 0 saturated carbocycles. The topological polar surface area (TPSA) is 78.3 Å². The highest BCUT2D eigenvalue weighted by Gasteiger charge is 2.35. The van der Waals surface area contributed by atoms with Gasteiger partial charge in [-0.05, 0) is 48.9 Å². The molecule has 8 heteroatoms. The molecule has 7 nitrogen and oxygen atoms in total.